The second-order valence-corrected chi connectivity index (χ2v) is 5.75. The van der Waals surface area contributed by atoms with E-state index >= 15 is 0 Å². The van der Waals surface area contributed by atoms with E-state index in [4.69, 9.17) is 0 Å². The van der Waals surface area contributed by atoms with Gasteiger partial charge in [0.2, 0.25) is 0 Å². The van der Waals surface area contributed by atoms with Crippen molar-refractivity contribution < 1.29 is 9.50 Å². The Hall–Kier alpha value is -0.540. The summed E-state index contributed by atoms with van der Waals surface area (Å²) in [7, 11) is 0. The first-order chi connectivity index (χ1) is 7.01. The summed E-state index contributed by atoms with van der Waals surface area (Å²) in [5.41, 5.74) is 0.687. The Bertz CT molecular complexity index is 380. The van der Waals surface area contributed by atoms with E-state index in [0.29, 0.717) is 16.6 Å². The molecule has 1 nitrogen and oxygen atoms in total. The molecule has 82 valence electrons. The summed E-state index contributed by atoms with van der Waals surface area (Å²) in [6, 6.07) is 4.89. The minimum Gasteiger partial charge on any atom is -0.384 e. The highest BCUT2D eigenvalue weighted by Crippen LogP contribution is 2.41. The van der Waals surface area contributed by atoms with Gasteiger partial charge in [0.25, 0.3) is 0 Å². The molecule has 1 aromatic rings. The molecular weight excluding hydrogens is 211 g/mol. The fourth-order valence-electron chi connectivity index (χ4n) is 2.01. The van der Waals surface area contributed by atoms with Gasteiger partial charge in [-0.15, -0.1) is 0 Å². The Labute approximate surface area is 93.7 Å². The Kier molecular flexibility index (Phi) is 2.77. The molecule has 0 spiro atoms. The number of halogens is 1. The van der Waals surface area contributed by atoms with Crippen LogP contribution in [0.15, 0.2) is 18.2 Å². The summed E-state index contributed by atoms with van der Waals surface area (Å²) >= 11 is 1.77. The first-order valence-electron chi connectivity index (χ1n) is 5.12. The molecule has 2 unspecified atom stereocenters. The van der Waals surface area contributed by atoms with Crippen molar-refractivity contribution in [3.8, 4) is 0 Å². The number of hydrogen-bond donors (Lipinski definition) is 1. The summed E-state index contributed by atoms with van der Waals surface area (Å²) in [4.78, 5) is 0. The largest absolute Gasteiger partial charge is 0.384 e. The van der Waals surface area contributed by atoms with E-state index in [2.05, 4.69) is 6.92 Å². The fourth-order valence-corrected chi connectivity index (χ4v) is 3.25. The van der Waals surface area contributed by atoms with Crippen molar-refractivity contribution in [2.24, 2.45) is 0 Å². The van der Waals surface area contributed by atoms with Gasteiger partial charge < -0.3 is 5.11 Å². The first kappa shape index (κ1) is 11.0. The van der Waals surface area contributed by atoms with Crippen LogP contribution in [0.3, 0.4) is 0 Å². The van der Waals surface area contributed by atoms with E-state index in [9.17, 15) is 9.50 Å². The Morgan fingerprint density at radius 1 is 1.53 bits per heavy atom. The van der Waals surface area contributed by atoms with Crippen LogP contribution in [-0.2, 0) is 5.60 Å². The lowest BCUT2D eigenvalue weighted by atomic mass is 9.90. The van der Waals surface area contributed by atoms with Crippen molar-refractivity contribution in [3.05, 3.63) is 35.1 Å². The average Bonchev–Trinajstić information content (AvgIpc) is 2.52. The predicted octanol–water partition coefficient (Wildman–Crippen LogP) is 2.85. The zero-order valence-electron chi connectivity index (χ0n) is 8.96. The second kappa shape index (κ2) is 3.80. The summed E-state index contributed by atoms with van der Waals surface area (Å²) < 4.78 is 13.1. The van der Waals surface area contributed by atoms with Crippen LogP contribution in [0.5, 0.6) is 0 Å². The zero-order valence-corrected chi connectivity index (χ0v) is 9.77. The normalized spacial score (nSPS) is 30.8. The van der Waals surface area contributed by atoms with Gasteiger partial charge in [0.1, 0.15) is 5.82 Å². The molecule has 0 aromatic heterocycles. The quantitative estimate of drug-likeness (QED) is 0.794. The topological polar surface area (TPSA) is 20.2 Å². The van der Waals surface area contributed by atoms with E-state index in [-0.39, 0.29) is 5.82 Å². The van der Waals surface area contributed by atoms with Gasteiger partial charge in [-0.05, 0) is 30.5 Å². The van der Waals surface area contributed by atoms with Crippen LogP contribution in [-0.4, -0.2) is 16.1 Å². The number of aliphatic hydroxyl groups is 1. The molecule has 0 bridgehead atoms. The average molecular weight is 226 g/mol. The Balaban J connectivity index is 2.33. The molecule has 3 heteroatoms. The lowest BCUT2D eigenvalue weighted by molar-refractivity contribution is 0.0611. The van der Waals surface area contributed by atoms with Crippen molar-refractivity contribution in [2.45, 2.75) is 31.1 Å². The maximum Gasteiger partial charge on any atom is 0.126 e. The summed E-state index contributed by atoms with van der Waals surface area (Å²) in [5.74, 6) is 0.500. The minimum atomic E-state index is -0.761. The molecule has 0 saturated carbocycles. The van der Waals surface area contributed by atoms with Crippen LogP contribution < -0.4 is 0 Å². The summed E-state index contributed by atoms with van der Waals surface area (Å²) in [6.07, 6.45) is 0.753. The third-order valence-corrected chi connectivity index (χ3v) is 4.31. The van der Waals surface area contributed by atoms with E-state index in [0.717, 1.165) is 12.0 Å². The fraction of sp³-hybridized carbons (Fsp3) is 0.500. The standard InChI is InChI=1S/C12H15FOS/c1-8-5-10(3-4-11(8)13)12(14)6-9(2)15-7-12/h3-5,9,14H,6-7H2,1-2H3. The molecule has 1 saturated heterocycles. The maximum atomic E-state index is 13.1. The first-order valence-corrected chi connectivity index (χ1v) is 6.17. The highest BCUT2D eigenvalue weighted by atomic mass is 32.2. The van der Waals surface area contributed by atoms with Gasteiger partial charge in [0.15, 0.2) is 0 Å². The number of rotatable bonds is 1. The van der Waals surface area contributed by atoms with Gasteiger partial charge >= 0.3 is 0 Å². The van der Waals surface area contributed by atoms with Gasteiger partial charge in [-0.3, -0.25) is 0 Å². The van der Waals surface area contributed by atoms with Crippen LogP contribution in [0.1, 0.15) is 24.5 Å². The van der Waals surface area contributed by atoms with Crippen molar-refractivity contribution in [1.29, 1.82) is 0 Å². The molecule has 0 amide bonds. The SMILES string of the molecule is Cc1cc(C2(O)CSC(C)C2)ccc1F. The van der Waals surface area contributed by atoms with Crippen molar-refractivity contribution in [1.82, 2.24) is 0 Å². The lowest BCUT2D eigenvalue weighted by Crippen LogP contribution is -2.25. The molecule has 15 heavy (non-hydrogen) atoms. The van der Waals surface area contributed by atoms with Crippen LogP contribution >= 0.6 is 11.8 Å². The third kappa shape index (κ3) is 2.04. The summed E-state index contributed by atoms with van der Waals surface area (Å²) in [6.45, 7) is 3.84. The maximum absolute atomic E-state index is 13.1. The predicted molar refractivity (Wildman–Crippen MR) is 61.6 cm³/mol. The van der Waals surface area contributed by atoms with Crippen LogP contribution in [0.4, 0.5) is 4.39 Å². The molecule has 1 aromatic carbocycles. The van der Waals surface area contributed by atoms with Crippen LogP contribution in [0.2, 0.25) is 0 Å². The van der Waals surface area contributed by atoms with Crippen molar-refractivity contribution in [3.63, 3.8) is 0 Å². The van der Waals surface area contributed by atoms with E-state index in [1.165, 1.54) is 6.07 Å². The second-order valence-electron chi connectivity index (χ2n) is 4.32. The molecule has 0 radical (unpaired) electrons. The third-order valence-electron chi connectivity index (χ3n) is 2.93. The number of benzene rings is 1. The highest BCUT2D eigenvalue weighted by Gasteiger charge is 2.37. The van der Waals surface area contributed by atoms with Crippen molar-refractivity contribution >= 4 is 11.8 Å². The van der Waals surface area contributed by atoms with Gasteiger partial charge in [0, 0.05) is 11.0 Å². The molecule has 1 aliphatic heterocycles. The Morgan fingerprint density at radius 2 is 2.27 bits per heavy atom. The molecule has 1 aliphatic rings. The number of hydrogen-bond acceptors (Lipinski definition) is 2. The zero-order chi connectivity index (χ0) is 11.1. The highest BCUT2D eigenvalue weighted by molar-refractivity contribution is 8.00. The van der Waals surface area contributed by atoms with E-state index < -0.39 is 5.60 Å². The number of thioether (sulfide) groups is 1. The lowest BCUT2D eigenvalue weighted by Gasteiger charge is -2.22. The van der Waals surface area contributed by atoms with E-state index in [1.807, 2.05) is 0 Å². The Morgan fingerprint density at radius 3 is 2.80 bits per heavy atom. The molecule has 2 atom stereocenters. The molecule has 1 N–H and O–H groups in total. The minimum absolute atomic E-state index is 0.207. The molecule has 1 heterocycles. The smallest absolute Gasteiger partial charge is 0.126 e. The number of aryl methyl sites for hydroxylation is 1. The van der Waals surface area contributed by atoms with Gasteiger partial charge in [0.05, 0.1) is 5.60 Å². The molecule has 1 fully saturated rings. The van der Waals surface area contributed by atoms with E-state index in [1.54, 1.807) is 30.8 Å². The summed E-state index contributed by atoms with van der Waals surface area (Å²) in [5, 5.41) is 10.9. The van der Waals surface area contributed by atoms with Gasteiger partial charge in [-0.2, -0.15) is 11.8 Å². The van der Waals surface area contributed by atoms with Gasteiger partial charge in [-0.25, -0.2) is 4.39 Å². The monoisotopic (exact) mass is 226 g/mol. The van der Waals surface area contributed by atoms with Crippen molar-refractivity contribution in [2.75, 3.05) is 5.75 Å². The molecule has 0 aliphatic carbocycles. The van der Waals surface area contributed by atoms with Crippen LogP contribution in [0.25, 0.3) is 0 Å². The van der Waals surface area contributed by atoms with Gasteiger partial charge in [-0.1, -0.05) is 19.1 Å². The van der Waals surface area contributed by atoms with Crippen LogP contribution in [0, 0.1) is 12.7 Å². The molecular formula is C12H15FOS. The molecule has 2 rings (SSSR count).